The lowest BCUT2D eigenvalue weighted by Crippen LogP contribution is -2.50. The van der Waals surface area contributed by atoms with Crippen LogP contribution in [0.5, 0.6) is 0 Å². The third kappa shape index (κ3) is 81.0. The molecule has 0 aliphatic rings. The first-order valence-electron chi connectivity index (χ1n) is 32.3. The average Bonchev–Trinajstić information content (AvgIpc) is 3.43. The van der Waals surface area contributed by atoms with Gasteiger partial charge in [0, 0.05) is 122 Å². The minimum atomic E-state index is -2.48. The molecule has 15 nitrogen and oxygen atoms in total. The third-order valence-electron chi connectivity index (χ3n) is 9.91. The summed E-state index contributed by atoms with van der Waals surface area (Å²) in [5, 5.41) is 0. The Labute approximate surface area is 604 Å². The van der Waals surface area contributed by atoms with Gasteiger partial charge in [0.15, 0.2) is 0 Å². The fourth-order valence-corrected chi connectivity index (χ4v) is 26.9. The molecule has 0 aliphatic heterocycles. The Morgan fingerprint density at radius 3 is 0.750 bits per heavy atom. The van der Waals surface area contributed by atoms with Crippen molar-refractivity contribution in [2.24, 2.45) is 0 Å². The average molecular weight is 1730 g/mol. The summed E-state index contributed by atoms with van der Waals surface area (Å²) in [5.41, 5.74) is 0. The van der Waals surface area contributed by atoms with Crippen molar-refractivity contribution in [3.8, 4) is 0 Å². The van der Waals surface area contributed by atoms with Gasteiger partial charge in [0.2, 0.25) is 0 Å². The van der Waals surface area contributed by atoms with Crippen molar-refractivity contribution >= 4 is 173 Å². The maximum Gasteiger partial charge on any atom is 0.501 e. The summed E-state index contributed by atoms with van der Waals surface area (Å²) >= 11 is 44.1. The van der Waals surface area contributed by atoms with E-state index in [1.807, 2.05) is 132 Å². The van der Waals surface area contributed by atoms with Crippen molar-refractivity contribution in [2.75, 3.05) is 61.0 Å². The zero-order valence-electron chi connectivity index (χ0n) is 60.6. The first kappa shape index (κ1) is 108. The molecule has 0 aromatic carbocycles. The summed E-state index contributed by atoms with van der Waals surface area (Å²) in [5.74, 6) is 0. The summed E-state index contributed by atoms with van der Waals surface area (Å²) in [6, 6.07) is 1.81. The highest BCUT2D eigenvalue weighted by atomic mass is 80.0. The van der Waals surface area contributed by atoms with Crippen LogP contribution >= 0.6 is 112 Å². The van der Waals surface area contributed by atoms with Crippen LogP contribution in [0.25, 0.3) is 0 Å². The van der Waals surface area contributed by atoms with E-state index in [-0.39, 0.29) is 36.6 Å². The van der Waals surface area contributed by atoms with E-state index in [1.165, 1.54) is 31.7 Å². The molecular formula is C56H135Br3Cl6O15Si8. The van der Waals surface area contributed by atoms with Crippen LogP contribution in [0.2, 0.25) is 42.3 Å². The lowest BCUT2D eigenvalue weighted by molar-refractivity contribution is 0.00238. The molecule has 0 atom stereocenters. The summed E-state index contributed by atoms with van der Waals surface area (Å²) in [4.78, 5) is 0. The van der Waals surface area contributed by atoms with Gasteiger partial charge in [0.1, 0.15) is 0 Å². The molecule has 0 radical (unpaired) electrons. The largest absolute Gasteiger partial charge is 0.501 e. The van der Waals surface area contributed by atoms with E-state index in [2.05, 4.69) is 87.4 Å². The van der Waals surface area contributed by atoms with Gasteiger partial charge in [-0.2, -0.15) is 0 Å². The van der Waals surface area contributed by atoms with Crippen molar-refractivity contribution in [3.63, 3.8) is 0 Å². The zero-order valence-corrected chi connectivity index (χ0v) is 78.1. The Kier molecular flexibility index (Phi) is 84.2. The van der Waals surface area contributed by atoms with Gasteiger partial charge in [-0.25, -0.2) is 0 Å². The normalized spacial score (nSPS) is 12.3. The van der Waals surface area contributed by atoms with E-state index in [9.17, 15) is 0 Å². The number of hydrogen-bond acceptors (Lipinski definition) is 15. The van der Waals surface area contributed by atoms with Crippen LogP contribution in [-0.2, 0) is 66.4 Å². The molecule has 0 aromatic heterocycles. The van der Waals surface area contributed by atoms with E-state index >= 15 is 0 Å². The van der Waals surface area contributed by atoms with E-state index in [1.54, 1.807) is 21.3 Å². The molecule has 0 aromatic rings. The number of rotatable bonds is 43. The third-order valence-corrected chi connectivity index (χ3v) is 35.0. The van der Waals surface area contributed by atoms with Crippen LogP contribution in [0.15, 0.2) is 0 Å². The number of halogens is 9. The molecule has 0 aliphatic carbocycles. The molecule has 0 saturated carbocycles. The van der Waals surface area contributed by atoms with Gasteiger partial charge in [-0.1, -0.05) is 152 Å². The highest BCUT2D eigenvalue weighted by Crippen LogP contribution is 2.33. The molecule has 0 bridgehead atoms. The smallest absolute Gasteiger partial charge is 0.377 e. The molecule has 0 rings (SSSR count). The molecule has 0 N–H and O–H groups in total. The van der Waals surface area contributed by atoms with Gasteiger partial charge >= 0.3 is 56.8 Å². The zero-order chi connectivity index (χ0) is 70.7. The quantitative estimate of drug-likeness (QED) is 0.0325. The molecule has 88 heavy (non-hydrogen) atoms. The topological polar surface area (TPSA) is 138 Å². The van der Waals surface area contributed by atoms with E-state index in [0.717, 1.165) is 68.4 Å². The van der Waals surface area contributed by atoms with Gasteiger partial charge in [-0.3, -0.25) is 0 Å². The van der Waals surface area contributed by atoms with Crippen LogP contribution in [0.4, 0.5) is 0 Å². The van der Waals surface area contributed by atoms with Crippen molar-refractivity contribution < 1.29 is 66.4 Å². The van der Waals surface area contributed by atoms with Crippen LogP contribution in [-0.4, -0.2) is 158 Å². The lowest BCUT2D eigenvalue weighted by Gasteiger charge is -2.34. The Morgan fingerprint density at radius 1 is 0.307 bits per heavy atom. The SMILES string of the molecule is CCCCCC[Si](Cl)(Cl)Cl.CCC[Si](Br)(Br)Br.CCC[Si](Cl)(Cl)Cl.CCC[Si](OC(C)C)(OC(C)C)OC(C)C.CCC[Si](OC)(OC)OC.CCC[Si](OCC)(OCC)OCC.CCO[SiH](OCC)OCC.CC[Si](OC(C)C)(OC(C)C)OC(C)C. The molecule has 0 fully saturated rings. The van der Waals surface area contributed by atoms with Gasteiger partial charge in [-0.05, 0) is 143 Å². The highest BCUT2D eigenvalue weighted by molar-refractivity contribution is 9.72. The molecule has 32 heteroatoms. The Bertz CT molecular complexity index is 1300. The van der Waals surface area contributed by atoms with Crippen LogP contribution < -0.4 is 0 Å². The second-order valence-electron chi connectivity index (χ2n) is 21.1. The molecule has 544 valence electrons. The van der Waals surface area contributed by atoms with E-state index < -0.39 is 60.7 Å². The standard InChI is InChI=1S/C12H28O3Si.C11H26O3Si.C9H22O3Si.C6H13Cl3Si.2C6H16O3Si.C3H7Br3Si.C3H7Cl3Si/c1-8-9-16(13-10(2)3,14-11(4)5)15-12(6)7;1-8-15(12-9(2)3,13-10(4)5)14-11(6)7;1-5-9-13(10-6-2,11-7-3)12-8-4;1-2-3-4-5-6-10(7,8)9;1-5-6-10(7-2,8-3)9-4;1-4-7-10(8-5-2)9-6-3;2*1-2-3-7(4,5)6/h10-12H,8-9H2,1-7H3;9-11H,8H2,1-7H3;5-9H2,1-4H3;2-6H2,1H3;5-6H2,1-4H3;10H,4-6H2,1-3H3;2*2-3H2,1H3. The minimum Gasteiger partial charge on any atom is -0.377 e. The predicted octanol–water partition coefficient (Wildman–Crippen LogP) is 22.2. The monoisotopic (exact) mass is 1720 g/mol. The Morgan fingerprint density at radius 2 is 0.580 bits per heavy atom. The fraction of sp³-hybridized carbons (Fsp3) is 1.00. The van der Waals surface area contributed by atoms with Gasteiger partial charge in [0.25, 0.3) is 3.93 Å². The summed E-state index contributed by atoms with van der Waals surface area (Å²) in [6.45, 7) is 54.9. The first-order valence-corrected chi connectivity index (χ1v) is 60.9. The van der Waals surface area contributed by atoms with Gasteiger partial charge < -0.3 is 66.4 Å². The van der Waals surface area contributed by atoms with Crippen LogP contribution in [0.1, 0.15) is 231 Å². The minimum absolute atomic E-state index is 0.147. The Balaban J connectivity index is -0.000000141. The van der Waals surface area contributed by atoms with Crippen molar-refractivity contribution in [1.82, 2.24) is 0 Å². The molecular weight excluding hydrogens is 1590 g/mol. The molecule has 0 spiro atoms. The molecule has 0 heterocycles. The summed E-state index contributed by atoms with van der Waals surface area (Å²) < 4.78 is 82.6. The second kappa shape index (κ2) is 68.4. The molecule has 0 saturated heterocycles. The summed E-state index contributed by atoms with van der Waals surface area (Å²) in [7, 11) is -6.29. The predicted molar refractivity (Wildman–Crippen MR) is 412 cm³/mol. The van der Waals surface area contributed by atoms with Crippen molar-refractivity contribution in [1.29, 1.82) is 0 Å². The molecule has 0 amide bonds. The van der Waals surface area contributed by atoms with Crippen LogP contribution in [0, 0.1) is 0 Å². The van der Waals surface area contributed by atoms with Crippen LogP contribution in [0.3, 0.4) is 0 Å². The van der Waals surface area contributed by atoms with Crippen molar-refractivity contribution in [3.05, 3.63) is 0 Å². The van der Waals surface area contributed by atoms with Crippen molar-refractivity contribution in [2.45, 2.75) is 310 Å². The van der Waals surface area contributed by atoms with Gasteiger partial charge in [-0.15, -0.1) is 66.5 Å². The van der Waals surface area contributed by atoms with E-state index in [0.29, 0.717) is 39.6 Å². The lowest BCUT2D eigenvalue weighted by atomic mass is 10.2. The summed E-state index contributed by atoms with van der Waals surface area (Å²) in [6.07, 6.45) is 11.0. The number of hydrogen-bond donors (Lipinski definition) is 0. The van der Waals surface area contributed by atoms with E-state index in [4.69, 9.17) is 133 Å². The van der Waals surface area contributed by atoms with Gasteiger partial charge in [0.05, 0.1) is 0 Å². The fourth-order valence-electron chi connectivity index (χ4n) is 7.10. The second-order valence-corrected chi connectivity index (χ2v) is 75.9. The maximum absolute atomic E-state index is 5.99. The highest BCUT2D eigenvalue weighted by Gasteiger charge is 2.44. The Hall–Kier alpha value is 4.32. The maximum atomic E-state index is 5.99. The first-order chi connectivity index (χ1) is 40.6. The number of unbranched alkanes of at least 4 members (excludes halogenated alkanes) is 3. The molecule has 0 unspecified atom stereocenters.